The summed E-state index contributed by atoms with van der Waals surface area (Å²) in [6.07, 6.45) is 1.02. The third-order valence-electron chi connectivity index (χ3n) is 3.32. The highest BCUT2D eigenvalue weighted by atomic mass is 19.1. The molecule has 2 aromatic rings. The van der Waals surface area contributed by atoms with E-state index >= 15 is 0 Å². The van der Waals surface area contributed by atoms with Crippen molar-refractivity contribution in [3.63, 3.8) is 0 Å². The van der Waals surface area contributed by atoms with Crippen molar-refractivity contribution in [3.8, 4) is 0 Å². The lowest BCUT2D eigenvalue weighted by Crippen LogP contribution is -2.29. The number of hydrogen-bond donors (Lipinski definition) is 1. The number of nitrogens with one attached hydrogen (secondary N) is 1. The number of amides is 1. The van der Waals surface area contributed by atoms with E-state index in [1.165, 1.54) is 55.5 Å². The lowest BCUT2D eigenvalue weighted by Gasteiger charge is -2.12. The summed E-state index contributed by atoms with van der Waals surface area (Å²) in [5.74, 6) is -2.08. The van der Waals surface area contributed by atoms with Crippen molar-refractivity contribution in [1.82, 2.24) is 0 Å². The van der Waals surface area contributed by atoms with E-state index < -0.39 is 28.7 Å². The number of para-hydroxylation sites is 2. The number of nitrogens with zero attached hydrogens (tertiary/aromatic N) is 1. The van der Waals surface area contributed by atoms with Gasteiger partial charge in [0.05, 0.1) is 4.92 Å². The van der Waals surface area contributed by atoms with E-state index in [9.17, 15) is 24.1 Å². The number of anilines is 1. The average Bonchev–Trinajstić information content (AvgIpc) is 2.61. The van der Waals surface area contributed by atoms with Gasteiger partial charge in [-0.25, -0.2) is 9.18 Å². The fourth-order valence-electron chi connectivity index (χ4n) is 2.01. The highest BCUT2D eigenvalue weighted by molar-refractivity contribution is 5.98. The zero-order chi connectivity index (χ0) is 19.1. The molecule has 7 nitrogen and oxygen atoms in total. The number of carbonyl (C=O) groups is 2. The molecule has 134 valence electrons. The van der Waals surface area contributed by atoms with Gasteiger partial charge in [-0.1, -0.05) is 30.3 Å². The van der Waals surface area contributed by atoms with Crippen LogP contribution in [-0.2, 0) is 14.3 Å². The Bertz CT molecular complexity index is 866. The number of benzene rings is 2. The second kappa shape index (κ2) is 8.52. The van der Waals surface area contributed by atoms with Gasteiger partial charge in [0.15, 0.2) is 6.10 Å². The molecule has 0 heterocycles. The van der Waals surface area contributed by atoms with Crippen LogP contribution in [0.25, 0.3) is 6.08 Å². The maximum absolute atomic E-state index is 13.5. The van der Waals surface area contributed by atoms with E-state index in [-0.39, 0.29) is 16.9 Å². The normalized spacial score (nSPS) is 11.8. The monoisotopic (exact) mass is 358 g/mol. The number of nitro groups is 1. The molecule has 0 saturated heterocycles. The molecular formula is C18H15FN2O5. The summed E-state index contributed by atoms with van der Waals surface area (Å²) < 4.78 is 18.4. The van der Waals surface area contributed by atoms with E-state index in [1.54, 1.807) is 6.07 Å². The zero-order valence-corrected chi connectivity index (χ0v) is 13.7. The Hall–Kier alpha value is -3.55. The molecule has 0 aliphatic rings. The molecule has 0 saturated carbocycles. The summed E-state index contributed by atoms with van der Waals surface area (Å²) >= 11 is 0. The molecule has 2 rings (SSSR count). The van der Waals surface area contributed by atoms with Crippen molar-refractivity contribution in [3.05, 3.63) is 76.1 Å². The van der Waals surface area contributed by atoms with Crippen LogP contribution in [0, 0.1) is 15.9 Å². The standard InChI is InChI=1S/C18H15FN2O5/c1-12(18(23)20-15-8-4-5-9-16(15)21(24)25)26-17(22)11-10-13-6-2-3-7-14(13)19/h2-12H,1H3,(H,20,23)/b11-10+. The van der Waals surface area contributed by atoms with Crippen molar-refractivity contribution in [2.75, 3.05) is 5.32 Å². The molecule has 1 N–H and O–H groups in total. The van der Waals surface area contributed by atoms with Crippen LogP contribution in [0.2, 0.25) is 0 Å². The van der Waals surface area contributed by atoms with Crippen LogP contribution in [-0.4, -0.2) is 22.9 Å². The quantitative estimate of drug-likeness (QED) is 0.370. The molecule has 1 unspecified atom stereocenters. The van der Waals surface area contributed by atoms with Gasteiger partial charge in [0.2, 0.25) is 0 Å². The van der Waals surface area contributed by atoms with Crippen molar-refractivity contribution >= 4 is 29.3 Å². The van der Waals surface area contributed by atoms with Crippen LogP contribution in [0.15, 0.2) is 54.6 Å². The summed E-state index contributed by atoms with van der Waals surface area (Å²) in [6.45, 7) is 1.32. The van der Waals surface area contributed by atoms with E-state index in [1.807, 2.05) is 0 Å². The lowest BCUT2D eigenvalue weighted by atomic mass is 10.2. The smallest absolute Gasteiger partial charge is 0.331 e. The first-order chi connectivity index (χ1) is 12.4. The van der Waals surface area contributed by atoms with E-state index in [2.05, 4.69) is 5.32 Å². The molecule has 0 fully saturated rings. The van der Waals surface area contributed by atoms with Crippen LogP contribution in [0.3, 0.4) is 0 Å². The summed E-state index contributed by atoms with van der Waals surface area (Å²) in [5, 5.41) is 13.3. The van der Waals surface area contributed by atoms with Crippen molar-refractivity contribution in [2.45, 2.75) is 13.0 Å². The number of ether oxygens (including phenoxy) is 1. The Kier molecular flexibility index (Phi) is 6.15. The van der Waals surface area contributed by atoms with Crippen LogP contribution in [0.1, 0.15) is 12.5 Å². The number of rotatable bonds is 6. The maximum atomic E-state index is 13.5. The van der Waals surface area contributed by atoms with Gasteiger partial charge >= 0.3 is 5.97 Å². The first-order valence-corrected chi connectivity index (χ1v) is 7.56. The van der Waals surface area contributed by atoms with Gasteiger partial charge in [0.25, 0.3) is 11.6 Å². The number of nitro benzene ring substituents is 1. The molecule has 0 aliphatic carbocycles. The van der Waals surface area contributed by atoms with Crippen LogP contribution < -0.4 is 5.32 Å². The van der Waals surface area contributed by atoms with Gasteiger partial charge in [0.1, 0.15) is 11.5 Å². The Morgan fingerprint density at radius 1 is 1.19 bits per heavy atom. The average molecular weight is 358 g/mol. The predicted octanol–water partition coefficient (Wildman–Crippen LogP) is 3.32. The molecule has 0 bridgehead atoms. The third kappa shape index (κ3) is 4.97. The summed E-state index contributed by atoms with van der Waals surface area (Å²) in [7, 11) is 0. The molecular weight excluding hydrogens is 343 g/mol. The van der Waals surface area contributed by atoms with E-state index in [4.69, 9.17) is 4.74 Å². The number of esters is 1. The molecule has 0 aliphatic heterocycles. The number of carbonyl (C=O) groups excluding carboxylic acids is 2. The zero-order valence-electron chi connectivity index (χ0n) is 13.7. The first kappa shape index (κ1) is 18.8. The largest absolute Gasteiger partial charge is 0.449 e. The van der Waals surface area contributed by atoms with Gasteiger partial charge in [-0.05, 0) is 25.1 Å². The molecule has 1 amide bonds. The Morgan fingerprint density at radius 3 is 2.54 bits per heavy atom. The van der Waals surface area contributed by atoms with Gasteiger partial charge in [0, 0.05) is 17.7 Å². The minimum Gasteiger partial charge on any atom is -0.449 e. The molecule has 2 aromatic carbocycles. The highest BCUT2D eigenvalue weighted by Crippen LogP contribution is 2.23. The molecule has 26 heavy (non-hydrogen) atoms. The summed E-state index contributed by atoms with van der Waals surface area (Å²) in [5.41, 5.74) is -0.0902. The molecule has 1 atom stereocenters. The minimum atomic E-state index is -1.20. The van der Waals surface area contributed by atoms with Gasteiger partial charge in [-0.15, -0.1) is 0 Å². The van der Waals surface area contributed by atoms with Crippen LogP contribution in [0.4, 0.5) is 15.8 Å². The number of hydrogen-bond acceptors (Lipinski definition) is 5. The molecule has 0 aromatic heterocycles. The molecule has 8 heteroatoms. The van der Waals surface area contributed by atoms with Crippen LogP contribution >= 0.6 is 0 Å². The van der Waals surface area contributed by atoms with Crippen molar-refractivity contribution in [1.29, 1.82) is 0 Å². The Balaban J connectivity index is 1.98. The highest BCUT2D eigenvalue weighted by Gasteiger charge is 2.20. The second-order valence-corrected chi connectivity index (χ2v) is 5.20. The van der Waals surface area contributed by atoms with Crippen molar-refractivity contribution < 1.29 is 23.6 Å². The molecule has 0 radical (unpaired) electrons. The topological polar surface area (TPSA) is 98.5 Å². The van der Waals surface area contributed by atoms with E-state index in [0.29, 0.717) is 0 Å². The predicted molar refractivity (Wildman–Crippen MR) is 92.7 cm³/mol. The fourth-order valence-corrected chi connectivity index (χ4v) is 2.01. The SMILES string of the molecule is CC(OC(=O)/C=C/c1ccccc1F)C(=O)Nc1ccccc1[N+](=O)[O-]. The maximum Gasteiger partial charge on any atom is 0.331 e. The minimum absolute atomic E-state index is 0.00713. The summed E-state index contributed by atoms with van der Waals surface area (Å²) in [6, 6.07) is 11.4. The number of halogens is 1. The van der Waals surface area contributed by atoms with E-state index in [0.717, 1.165) is 6.08 Å². The first-order valence-electron chi connectivity index (χ1n) is 7.56. The fraction of sp³-hybridized carbons (Fsp3) is 0.111. The third-order valence-corrected chi connectivity index (χ3v) is 3.32. The lowest BCUT2D eigenvalue weighted by molar-refractivity contribution is -0.383. The Morgan fingerprint density at radius 2 is 1.85 bits per heavy atom. The molecule has 0 spiro atoms. The second-order valence-electron chi connectivity index (χ2n) is 5.20. The summed E-state index contributed by atoms with van der Waals surface area (Å²) in [4.78, 5) is 34.1. The van der Waals surface area contributed by atoms with Crippen molar-refractivity contribution in [2.24, 2.45) is 0 Å². The van der Waals surface area contributed by atoms with Crippen LogP contribution in [0.5, 0.6) is 0 Å². The van der Waals surface area contributed by atoms with Gasteiger partial charge in [-0.2, -0.15) is 0 Å². The van der Waals surface area contributed by atoms with Gasteiger partial charge < -0.3 is 10.1 Å². The Labute approximate surface area is 148 Å². The van der Waals surface area contributed by atoms with Gasteiger partial charge in [-0.3, -0.25) is 14.9 Å².